The number of aromatic nitrogens is 1. The van der Waals surface area contributed by atoms with Gasteiger partial charge in [0.2, 0.25) is 5.13 Å². The second-order valence-electron chi connectivity index (χ2n) is 6.09. The number of benzene rings is 2. The molecule has 4 aromatic rings. The number of hydrogen-bond donors (Lipinski definition) is 0. The van der Waals surface area contributed by atoms with Gasteiger partial charge in [-0.15, -0.1) is 0 Å². The van der Waals surface area contributed by atoms with Crippen LogP contribution in [0.15, 0.2) is 64.1 Å². The van der Waals surface area contributed by atoms with Crippen molar-refractivity contribution < 1.29 is 18.5 Å². The van der Waals surface area contributed by atoms with Crippen molar-refractivity contribution in [1.82, 2.24) is 4.98 Å². The topological polar surface area (TPSA) is 126 Å². The Bertz CT molecular complexity index is 1370. The zero-order valence-electron chi connectivity index (χ0n) is 15.4. The average molecular weight is 435 g/mol. The van der Waals surface area contributed by atoms with Crippen LogP contribution in [-0.2, 0) is 0 Å². The van der Waals surface area contributed by atoms with E-state index < -0.39 is 22.5 Å². The Labute approximate surface area is 177 Å². The zero-order chi connectivity index (χ0) is 22.0. The fourth-order valence-corrected chi connectivity index (χ4v) is 3.55. The number of nitrogens with zero attached hydrogens (tertiary/aromatic N) is 5. The molecule has 2 aromatic heterocycles. The van der Waals surface area contributed by atoms with Crippen LogP contribution in [0.25, 0.3) is 10.2 Å². The Hall–Kier alpha value is -4.43. The standard InChI is InChI=1S/C20H10FN5O4S/c21-14-5-7-16-17(9-14)31-20(24-16)25(19(27)13-3-1-12(10-22)2-4-13)23-11-15-6-8-18(30-15)26(28)29/h1-9,11H/b23-11+. The van der Waals surface area contributed by atoms with Crippen molar-refractivity contribution >= 4 is 44.7 Å². The molecule has 0 bridgehead atoms. The van der Waals surface area contributed by atoms with Crippen molar-refractivity contribution in [3.63, 3.8) is 0 Å². The van der Waals surface area contributed by atoms with E-state index in [4.69, 9.17) is 9.68 Å². The number of nitriles is 1. The minimum Gasteiger partial charge on any atom is -0.400 e. The molecule has 0 aliphatic rings. The summed E-state index contributed by atoms with van der Waals surface area (Å²) in [6.07, 6.45) is 1.14. The van der Waals surface area contributed by atoms with Crippen LogP contribution in [0.2, 0.25) is 0 Å². The van der Waals surface area contributed by atoms with Crippen molar-refractivity contribution in [3.05, 3.63) is 87.4 Å². The predicted molar refractivity (Wildman–Crippen MR) is 111 cm³/mol. The van der Waals surface area contributed by atoms with Crippen LogP contribution in [0.1, 0.15) is 21.7 Å². The molecule has 0 aliphatic heterocycles. The molecule has 4 rings (SSSR count). The molecule has 0 atom stereocenters. The lowest BCUT2D eigenvalue weighted by Gasteiger charge is -2.13. The lowest BCUT2D eigenvalue weighted by Crippen LogP contribution is -2.25. The lowest BCUT2D eigenvalue weighted by molar-refractivity contribution is -0.402. The van der Waals surface area contributed by atoms with Crippen LogP contribution >= 0.6 is 11.3 Å². The van der Waals surface area contributed by atoms with E-state index in [2.05, 4.69) is 10.1 Å². The molecule has 9 nitrogen and oxygen atoms in total. The van der Waals surface area contributed by atoms with E-state index in [1.807, 2.05) is 6.07 Å². The van der Waals surface area contributed by atoms with Crippen LogP contribution in [0.5, 0.6) is 0 Å². The van der Waals surface area contributed by atoms with Gasteiger partial charge in [-0.05, 0) is 48.5 Å². The summed E-state index contributed by atoms with van der Waals surface area (Å²) < 4.78 is 19.1. The molecule has 0 saturated carbocycles. The van der Waals surface area contributed by atoms with Crippen LogP contribution < -0.4 is 5.01 Å². The van der Waals surface area contributed by atoms with Crippen molar-refractivity contribution in [2.45, 2.75) is 0 Å². The first-order chi connectivity index (χ1) is 14.9. The number of rotatable bonds is 5. The molecule has 0 unspecified atom stereocenters. The fourth-order valence-electron chi connectivity index (χ4n) is 2.60. The summed E-state index contributed by atoms with van der Waals surface area (Å²) in [6, 6.07) is 14.4. The van der Waals surface area contributed by atoms with Crippen molar-refractivity contribution in [2.75, 3.05) is 5.01 Å². The molecule has 31 heavy (non-hydrogen) atoms. The van der Waals surface area contributed by atoms with Gasteiger partial charge in [0.1, 0.15) is 10.7 Å². The first-order valence-corrected chi connectivity index (χ1v) is 9.45. The Morgan fingerprint density at radius 2 is 2.03 bits per heavy atom. The average Bonchev–Trinajstić information content (AvgIpc) is 3.41. The zero-order valence-corrected chi connectivity index (χ0v) is 16.2. The molecule has 0 radical (unpaired) electrons. The molecule has 152 valence electrons. The van der Waals surface area contributed by atoms with E-state index >= 15 is 0 Å². The minimum atomic E-state index is -0.695. The Balaban J connectivity index is 1.74. The second-order valence-corrected chi connectivity index (χ2v) is 7.10. The predicted octanol–water partition coefficient (Wildman–Crippen LogP) is 4.49. The van der Waals surface area contributed by atoms with Crippen LogP contribution in [0, 0.1) is 27.3 Å². The van der Waals surface area contributed by atoms with E-state index in [0.29, 0.717) is 15.8 Å². The van der Waals surface area contributed by atoms with Gasteiger partial charge in [0.25, 0.3) is 5.91 Å². The molecular weight excluding hydrogens is 425 g/mol. The van der Waals surface area contributed by atoms with Gasteiger partial charge in [-0.25, -0.2) is 9.37 Å². The highest BCUT2D eigenvalue weighted by molar-refractivity contribution is 7.22. The van der Waals surface area contributed by atoms with E-state index in [0.717, 1.165) is 28.6 Å². The first-order valence-electron chi connectivity index (χ1n) is 8.63. The molecule has 2 aromatic carbocycles. The Morgan fingerprint density at radius 1 is 1.26 bits per heavy atom. The van der Waals surface area contributed by atoms with E-state index in [9.17, 15) is 19.3 Å². The number of hydrazone groups is 1. The maximum absolute atomic E-state index is 13.6. The van der Waals surface area contributed by atoms with Crippen molar-refractivity contribution in [2.24, 2.45) is 5.10 Å². The Kier molecular flexibility index (Phi) is 5.21. The summed E-state index contributed by atoms with van der Waals surface area (Å²) in [5.41, 5.74) is 1.08. The van der Waals surface area contributed by atoms with E-state index in [1.165, 1.54) is 48.5 Å². The van der Waals surface area contributed by atoms with Crippen LogP contribution in [0.3, 0.4) is 0 Å². The number of fused-ring (bicyclic) bond motifs is 1. The summed E-state index contributed by atoms with van der Waals surface area (Å²) in [7, 11) is 0. The molecule has 11 heteroatoms. The van der Waals surface area contributed by atoms with Gasteiger partial charge < -0.3 is 4.42 Å². The van der Waals surface area contributed by atoms with Gasteiger partial charge >= 0.3 is 5.88 Å². The summed E-state index contributed by atoms with van der Waals surface area (Å²) in [4.78, 5) is 27.5. The molecule has 1 amide bonds. The maximum atomic E-state index is 13.6. The van der Waals surface area contributed by atoms with Gasteiger partial charge in [0.15, 0.2) is 5.76 Å². The molecule has 0 fully saturated rings. The summed E-state index contributed by atoms with van der Waals surface area (Å²) in [5, 5.41) is 25.0. The third-order valence-electron chi connectivity index (χ3n) is 4.07. The first kappa shape index (κ1) is 19.9. The number of carbonyl (C=O) groups excluding carboxylic acids is 1. The highest BCUT2D eigenvalue weighted by atomic mass is 32.1. The van der Waals surface area contributed by atoms with E-state index in [1.54, 1.807) is 0 Å². The molecular formula is C20H10FN5O4S. The van der Waals surface area contributed by atoms with Crippen LogP contribution in [-0.4, -0.2) is 22.0 Å². The monoisotopic (exact) mass is 435 g/mol. The number of carbonyl (C=O) groups is 1. The van der Waals surface area contributed by atoms with Crippen LogP contribution in [0.4, 0.5) is 15.4 Å². The van der Waals surface area contributed by atoms with E-state index in [-0.39, 0.29) is 16.5 Å². The number of furan rings is 1. The van der Waals surface area contributed by atoms with Gasteiger partial charge in [-0.2, -0.15) is 15.4 Å². The quantitative estimate of drug-likeness (QED) is 0.258. The molecule has 0 spiro atoms. The summed E-state index contributed by atoms with van der Waals surface area (Å²) in [6.45, 7) is 0. The summed E-state index contributed by atoms with van der Waals surface area (Å²) in [5.74, 6) is -1.43. The molecule has 2 heterocycles. The van der Waals surface area contributed by atoms with Crippen molar-refractivity contribution in [3.8, 4) is 6.07 Å². The minimum absolute atomic E-state index is 0.0523. The normalized spacial score (nSPS) is 11.0. The van der Waals surface area contributed by atoms with Gasteiger partial charge in [-0.1, -0.05) is 11.3 Å². The number of amides is 1. The smallest absolute Gasteiger partial charge is 0.400 e. The highest BCUT2D eigenvalue weighted by Crippen LogP contribution is 2.30. The highest BCUT2D eigenvalue weighted by Gasteiger charge is 2.22. The molecule has 0 saturated heterocycles. The third kappa shape index (κ3) is 4.14. The van der Waals surface area contributed by atoms with Gasteiger partial charge in [0, 0.05) is 5.56 Å². The number of anilines is 1. The largest absolute Gasteiger partial charge is 0.433 e. The van der Waals surface area contributed by atoms with Gasteiger partial charge in [0.05, 0.1) is 34.1 Å². The van der Waals surface area contributed by atoms with Gasteiger partial charge in [-0.3, -0.25) is 14.9 Å². The SMILES string of the molecule is N#Cc1ccc(C(=O)N(/N=C/c2ccc([N+](=O)[O-])o2)c2nc3ccc(F)cc3s2)cc1. The number of thiazole rings is 1. The number of hydrogen-bond acceptors (Lipinski definition) is 8. The fraction of sp³-hybridized carbons (Fsp3) is 0. The second kappa shape index (κ2) is 8.13. The Morgan fingerprint density at radius 3 is 2.71 bits per heavy atom. The van der Waals surface area contributed by atoms with Crippen molar-refractivity contribution in [1.29, 1.82) is 5.26 Å². The number of halogens is 1. The maximum Gasteiger partial charge on any atom is 0.433 e. The number of nitro groups is 1. The third-order valence-corrected chi connectivity index (χ3v) is 5.06. The lowest BCUT2D eigenvalue weighted by atomic mass is 10.1. The summed E-state index contributed by atoms with van der Waals surface area (Å²) >= 11 is 1.04. The molecule has 0 N–H and O–H groups in total. The molecule has 0 aliphatic carbocycles.